The SMILES string of the molecule is CC(=O)NCCC1CCc2ccc3nn(C)c(Br)c3c21. The molecule has 0 saturated heterocycles. The highest BCUT2D eigenvalue weighted by molar-refractivity contribution is 9.10. The number of aryl methyl sites for hydroxylation is 2. The normalized spacial score (nSPS) is 17.4. The summed E-state index contributed by atoms with van der Waals surface area (Å²) in [7, 11) is 1.96. The van der Waals surface area contributed by atoms with E-state index in [2.05, 4.69) is 38.5 Å². The van der Waals surface area contributed by atoms with Crippen molar-refractivity contribution in [2.24, 2.45) is 7.05 Å². The fourth-order valence-electron chi connectivity index (χ4n) is 3.19. The zero-order valence-electron chi connectivity index (χ0n) is 11.7. The predicted molar refractivity (Wildman–Crippen MR) is 82.8 cm³/mol. The van der Waals surface area contributed by atoms with Crippen molar-refractivity contribution in [3.63, 3.8) is 0 Å². The van der Waals surface area contributed by atoms with Crippen molar-refractivity contribution < 1.29 is 4.79 Å². The summed E-state index contributed by atoms with van der Waals surface area (Å²) in [6, 6.07) is 4.31. The third-order valence-corrected chi connectivity index (χ3v) is 5.01. The zero-order valence-corrected chi connectivity index (χ0v) is 13.3. The molecule has 1 heterocycles. The number of nitrogens with one attached hydrogen (secondary N) is 1. The van der Waals surface area contributed by atoms with E-state index < -0.39 is 0 Å². The van der Waals surface area contributed by atoms with Crippen molar-refractivity contribution >= 4 is 32.7 Å². The molecule has 1 atom stereocenters. The lowest BCUT2D eigenvalue weighted by molar-refractivity contribution is -0.118. The summed E-state index contributed by atoms with van der Waals surface area (Å²) in [6.07, 6.45) is 3.28. The van der Waals surface area contributed by atoms with Crippen LogP contribution in [0.3, 0.4) is 0 Å². The van der Waals surface area contributed by atoms with Gasteiger partial charge in [0.05, 0.1) is 5.52 Å². The van der Waals surface area contributed by atoms with Crippen molar-refractivity contribution in [1.82, 2.24) is 15.1 Å². The van der Waals surface area contributed by atoms with E-state index in [1.807, 2.05) is 11.7 Å². The van der Waals surface area contributed by atoms with Crippen LogP contribution in [0.1, 0.15) is 36.8 Å². The Balaban J connectivity index is 1.96. The van der Waals surface area contributed by atoms with Crippen LogP contribution in [0.2, 0.25) is 0 Å². The smallest absolute Gasteiger partial charge is 0.216 e. The van der Waals surface area contributed by atoms with Crippen LogP contribution in [0.25, 0.3) is 10.9 Å². The summed E-state index contributed by atoms with van der Waals surface area (Å²) < 4.78 is 2.93. The maximum Gasteiger partial charge on any atom is 0.216 e. The number of benzene rings is 1. The lowest BCUT2D eigenvalue weighted by atomic mass is 9.95. The summed E-state index contributed by atoms with van der Waals surface area (Å²) in [4.78, 5) is 11.0. The van der Waals surface area contributed by atoms with Crippen molar-refractivity contribution in [2.45, 2.75) is 32.1 Å². The standard InChI is InChI=1S/C15H18BrN3O/c1-9(20)17-8-7-11-4-3-10-5-6-12-14(13(10)11)15(16)19(2)18-12/h5-6,11H,3-4,7-8H2,1-2H3,(H,17,20). The van der Waals surface area contributed by atoms with Gasteiger partial charge in [0.15, 0.2) is 0 Å². The van der Waals surface area contributed by atoms with Crippen LogP contribution in [0.4, 0.5) is 0 Å². The predicted octanol–water partition coefficient (Wildman–Crippen LogP) is 2.89. The van der Waals surface area contributed by atoms with Crippen LogP contribution >= 0.6 is 15.9 Å². The summed E-state index contributed by atoms with van der Waals surface area (Å²) in [5.74, 6) is 0.560. The van der Waals surface area contributed by atoms with E-state index in [0.717, 1.165) is 35.9 Å². The second-order valence-corrected chi connectivity index (χ2v) is 6.21. The number of amides is 1. The fraction of sp³-hybridized carbons (Fsp3) is 0.467. The highest BCUT2D eigenvalue weighted by Gasteiger charge is 2.26. The molecule has 4 nitrogen and oxygen atoms in total. The van der Waals surface area contributed by atoms with Crippen LogP contribution in [-0.2, 0) is 18.3 Å². The van der Waals surface area contributed by atoms with Crippen molar-refractivity contribution in [3.05, 3.63) is 27.9 Å². The molecule has 0 spiro atoms. The van der Waals surface area contributed by atoms with Crippen LogP contribution < -0.4 is 5.32 Å². The van der Waals surface area contributed by atoms with E-state index >= 15 is 0 Å². The van der Waals surface area contributed by atoms with E-state index in [9.17, 15) is 4.79 Å². The molecule has 1 N–H and O–H groups in total. The maximum absolute atomic E-state index is 11.0. The Morgan fingerprint density at radius 1 is 1.55 bits per heavy atom. The van der Waals surface area contributed by atoms with Gasteiger partial charge in [0.25, 0.3) is 0 Å². The first-order chi connectivity index (χ1) is 9.58. The topological polar surface area (TPSA) is 46.9 Å². The number of halogens is 1. The number of hydrogen-bond donors (Lipinski definition) is 1. The van der Waals surface area contributed by atoms with Gasteiger partial charge in [0.1, 0.15) is 4.60 Å². The number of rotatable bonds is 3. The Bertz CT molecular complexity index is 677. The quantitative estimate of drug-likeness (QED) is 0.937. The summed E-state index contributed by atoms with van der Waals surface area (Å²) in [6.45, 7) is 2.31. The molecule has 1 amide bonds. The van der Waals surface area contributed by atoms with Gasteiger partial charge in [-0.3, -0.25) is 9.48 Å². The molecule has 2 aromatic rings. The molecule has 0 radical (unpaired) electrons. The minimum absolute atomic E-state index is 0.0454. The Morgan fingerprint density at radius 2 is 2.35 bits per heavy atom. The van der Waals surface area contributed by atoms with Crippen molar-refractivity contribution in [1.29, 1.82) is 0 Å². The largest absolute Gasteiger partial charge is 0.356 e. The van der Waals surface area contributed by atoms with Crippen molar-refractivity contribution in [3.8, 4) is 0 Å². The molecule has 1 aromatic heterocycles. The van der Waals surface area contributed by atoms with Gasteiger partial charge in [-0.25, -0.2) is 0 Å². The highest BCUT2D eigenvalue weighted by Crippen LogP contribution is 2.42. The molecule has 3 rings (SSSR count). The molecule has 20 heavy (non-hydrogen) atoms. The van der Waals surface area contributed by atoms with Gasteiger partial charge >= 0.3 is 0 Å². The summed E-state index contributed by atoms with van der Waals surface area (Å²) in [5, 5.41) is 8.68. The van der Waals surface area contributed by atoms with Crippen LogP contribution in [-0.4, -0.2) is 22.2 Å². The Hall–Kier alpha value is -1.36. The maximum atomic E-state index is 11.0. The van der Waals surface area contributed by atoms with Crippen LogP contribution in [0.15, 0.2) is 16.7 Å². The molecular formula is C15H18BrN3O. The Kier molecular flexibility index (Phi) is 3.54. The molecule has 106 valence electrons. The lowest BCUT2D eigenvalue weighted by Gasteiger charge is -2.13. The van der Waals surface area contributed by atoms with E-state index in [1.165, 1.54) is 16.5 Å². The number of nitrogens with zero attached hydrogens (tertiary/aromatic N) is 2. The number of fused-ring (bicyclic) bond motifs is 3. The average Bonchev–Trinajstić information content (AvgIpc) is 2.92. The van der Waals surface area contributed by atoms with Crippen molar-refractivity contribution in [2.75, 3.05) is 6.54 Å². The van der Waals surface area contributed by atoms with Gasteiger partial charge in [-0.05, 0) is 58.3 Å². The molecule has 1 aliphatic carbocycles. The summed E-state index contributed by atoms with van der Waals surface area (Å²) >= 11 is 3.65. The fourth-order valence-corrected chi connectivity index (χ4v) is 3.68. The van der Waals surface area contributed by atoms with Crippen LogP contribution in [0, 0.1) is 0 Å². The Labute approximate surface area is 126 Å². The number of carbonyl (C=O) groups is 1. The molecule has 1 unspecified atom stereocenters. The minimum Gasteiger partial charge on any atom is -0.356 e. The van der Waals surface area contributed by atoms with E-state index in [4.69, 9.17) is 0 Å². The van der Waals surface area contributed by atoms with E-state index in [-0.39, 0.29) is 5.91 Å². The number of hydrogen-bond acceptors (Lipinski definition) is 2. The molecule has 0 aliphatic heterocycles. The molecule has 0 fully saturated rings. The van der Waals surface area contributed by atoms with Gasteiger partial charge in [-0.2, -0.15) is 5.10 Å². The van der Waals surface area contributed by atoms with Gasteiger partial charge in [0.2, 0.25) is 5.91 Å². The molecule has 0 bridgehead atoms. The van der Waals surface area contributed by atoms with Crippen LogP contribution in [0.5, 0.6) is 0 Å². The minimum atomic E-state index is 0.0454. The molecule has 1 aliphatic rings. The van der Waals surface area contributed by atoms with Gasteiger partial charge in [-0.15, -0.1) is 0 Å². The van der Waals surface area contributed by atoms with Gasteiger partial charge in [-0.1, -0.05) is 6.07 Å². The first-order valence-electron chi connectivity index (χ1n) is 6.96. The number of carbonyl (C=O) groups excluding carboxylic acids is 1. The first-order valence-corrected chi connectivity index (χ1v) is 7.75. The molecule has 1 aromatic carbocycles. The van der Waals surface area contributed by atoms with Gasteiger partial charge in [0, 0.05) is 25.9 Å². The van der Waals surface area contributed by atoms with Gasteiger partial charge < -0.3 is 5.32 Å². The molecule has 0 saturated carbocycles. The average molecular weight is 336 g/mol. The first kappa shape index (κ1) is 13.6. The van der Waals surface area contributed by atoms with E-state index in [1.54, 1.807) is 6.92 Å². The second kappa shape index (κ2) is 5.20. The molecule has 5 heteroatoms. The Morgan fingerprint density at radius 3 is 3.10 bits per heavy atom. The second-order valence-electron chi connectivity index (χ2n) is 5.45. The van der Waals surface area contributed by atoms with E-state index in [0.29, 0.717) is 5.92 Å². The lowest BCUT2D eigenvalue weighted by Crippen LogP contribution is -2.22. The zero-order chi connectivity index (χ0) is 14.3. The summed E-state index contributed by atoms with van der Waals surface area (Å²) in [5.41, 5.74) is 3.90. The third kappa shape index (κ3) is 2.24. The third-order valence-electron chi connectivity index (χ3n) is 4.10. The number of aromatic nitrogens is 2. The monoisotopic (exact) mass is 335 g/mol. The molecular weight excluding hydrogens is 318 g/mol. The highest BCUT2D eigenvalue weighted by atomic mass is 79.9.